The zero-order valence-corrected chi connectivity index (χ0v) is 10.9. The minimum atomic E-state index is -4.30. The molecule has 1 aromatic carbocycles. The Morgan fingerprint density at radius 1 is 1.55 bits per heavy atom. The van der Waals surface area contributed by atoms with Crippen molar-refractivity contribution < 1.29 is 27.4 Å². The van der Waals surface area contributed by atoms with Gasteiger partial charge >= 0.3 is 5.69 Å². The molecular weight excluding hydrogens is 297 g/mol. The van der Waals surface area contributed by atoms with E-state index in [2.05, 4.69) is 4.84 Å². The highest BCUT2D eigenvalue weighted by Gasteiger charge is 2.24. The number of benzene rings is 1. The molecule has 110 valence electrons. The molecule has 0 aliphatic carbocycles. The maximum Gasteiger partial charge on any atom is 0.306 e. The van der Waals surface area contributed by atoms with Crippen molar-refractivity contribution in [1.29, 1.82) is 0 Å². The number of nitro groups is 1. The van der Waals surface area contributed by atoms with Gasteiger partial charge in [0.25, 0.3) is 10.0 Å². The maximum atomic E-state index is 13.4. The van der Waals surface area contributed by atoms with Crippen LogP contribution in [0.5, 0.6) is 0 Å². The number of nitrogens with one attached hydrogen (secondary N) is 1. The third-order valence-electron chi connectivity index (χ3n) is 2.10. The molecule has 0 atom stereocenters. The van der Waals surface area contributed by atoms with E-state index in [1.54, 1.807) is 4.89 Å². The van der Waals surface area contributed by atoms with E-state index in [0.29, 0.717) is 6.07 Å². The second kappa shape index (κ2) is 5.90. The fraction of sp³-hybridized carbons (Fsp3) is 0.222. The van der Waals surface area contributed by atoms with Crippen molar-refractivity contribution in [3.05, 3.63) is 33.6 Å². The van der Waals surface area contributed by atoms with Crippen molar-refractivity contribution in [3.63, 3.8) is 0 Å². The normalized spacial score (nSPS) is 11.3. The number of carbonyl (C=O) groups excluding carboxylic acids is 1. The summed E-state index contributed by atoms with van der Waals surface area (Å²) in [5.41, 5.74) is 3.52. The topological polar surface area (TPSA) is 142 Å². The molecule has 1 aromatic rings. The van der Waals surface area contributed by atoms with Crippen molar-refractivity contribution in [2.45, 2.75) is 11.8 Å². The number of halogens is 1. The van der Waals surface area contributed by atoms with Crippen LogP contribution in [0.15, 0.2) is 17.0 Å². The van der Waals surface area contributed by atoms with Crippen molar-refractivity contribution in [1.82, 2.24) is 4.89 Å². The summed E-state index contributed by atoms with van der Waals surface area (Å²) in [5, 5.41) is 10.6. The van der Waals surface area contributed by atoms with Crippen LogP contribution in [0.2, 0.25) is 0 Å². The van der Waals surface area contributed by atoms with Gasteiger partial charge in [0.2, 0.25) is 11.7 Å². The first-order valence-corrected chi connectivity index (χ1v) is 6.50. The first-order valence-electron chi connectivity index (χ1n) is 5.01. The van der Waals surface area contributed by atoms with Crippen LogP contribution < -0.4 is 10.6 Å². The molecule has 1 amide bonds. The molecule has 9 nitrogen and oxygen atoms in total. The second-order valence-electron chi connectivity index (χ2n) is 3.67. The Balaban J connectivity index is 3.13. The molecule has 0 unspecified atom stereocenters. The minimum absolute atomic E-state index is 0.227. The van der Waals surface area contributed by atoms with Gasteiger partial charge in [0.15, 0.2) is 0 Å². The van der Waals surface area contributed by atoms with E-state index in [1.807, 2.05) is 0 Å². The Hall–Kier alpha value is -2.11. The average Bonchev–Trinajstić information content (AvgIpc) is 2.31. The molecule has 1 rings (SSSR count). The molecule has 0 bridgehead atoms. The molecular formula is C9H10FN3O6S. The summed E-state index contributed by atoms with van der Waals surface area (Å²) in [7, 11) is -4.30. The van der Waals surface area contributed by atoms with Crippen LogP contribution in [-0.2, 0) is 19.7 Å². The largest absolute Gasteiger partial charge is 0.368 e. The Morgan fingerprint density at radius 3 is 2.65 bits per heavy atom. The SMILES string of the molecule is Cc1cc(S(=O)(=O)NOCC(N)=O)cc([N+](=O)[O-])c1F. The second-order valence-corrected chi connectivity index (χ2v) is 5.32. The number of rotatable bonds is 6. The van der Waals surface area contributed by atoms with Gasteiger partial charge < -0.3 is 5.73 Å². The number of hydrogen-bond donors (Lipinski definition) is 2. The predicted octanol–water partition coefficient (Wildman–Crippen LogP) is -0.262. The first kappa shape index (κ1) is 15.9. The number of carbonyl (C=O) groups is 1. The van der Waals surface area contributed by atoms with E-state index in [-0.39, 0.29) is 5.56 Å². The van der Waals surface area contributed by atoms with Gasteiger partial charge in [-0.15, -0.1) is 0 Å². The van der Waals surface area contributed by atoms with Crippen LogP contribution in [-0.4, -0.2) is 25.9 Å². The number of amides is 1. The average molecular weight is 307 g/mol. The Kier molecular flexibility index (Phi) is 4.70. The molecule has 3 N–H and O–H groups in total. The smallest absolute Gasteiger partial charge is 0.306 e. The monoisotopic (exact) mass is 307 g/mol. The predicted molar refractivity (Wildman–Crippen MR) is 63.3 cm³/mol. The molecule has 0 spiro atoms. The van der Waals surface area contributed by atoms with Crippen LogP contribution in [0.1, 0.15) is 5.56 Å². The van der Waals surface area contributed by atoms with Gasteiger partial charge in [-0.1, -0.05) is 4.89 Å². The van der Waals surface area contributed by atoms with E-state index in [1.165, 1.54) is 6.92 Å². The van der Waals surface area contributed by atoms with Crippen LogP contribution in [0.3, 0.4) is 0 Å². The standard InChI is InChI=1S/C9H10FN3O6S/c1-5-2-6(3-7(9(5)10)13(15)16)20(17,18)12-19-4-8(11)14/h2-3,12H,4H2,1H3,(H2,11,14). The number of nitrogens with zero attached hydrogens (tertiary/aromatic N) is 1. The van der Waals surface area contributed by atoms with Crippen LogP contribution in [0.25, 0.3) is 0 Å². The highest BCUT2D eigenvalue weighted by Crippen LogP contribution is 2.24. The summed E-state index contributed by atoms with van der Waals surface area (Å²) in [5.74, 6) is -2.05. The molecule has 0 aliphatic rings. The quantitative estimate of drug-likeness (QED) is 0.547. The summed E-state index contributed by atoms with van der Waals surface area (Å²) >= 11 is 0. The van der Waals surface area contributed by atoms with Crippen LogP contribution in [0, 0.1) is 22.9 Å². The molecule has 0 saturated carbocycles. The lowest BCUT2D eigenvalue weighted by Crippen LogP contribution is -2.29. The summed E-state index contributed by atoms with van der Waals surface area (Å²) in [6.45, 7) is 0.452. The number of sulfonamides is 1. The summed E-state index contributed by atoms with van der Waals surface area (Å²) < 4.78 is 36.9. The Morgan fingerprint density at radius 2 is 2.15 bits per heavy atom. The van der Waals surface area contributed by atoms with Crippen molar-refractivity contribution in [2.24, 2.45) is 5.73 Å². The molecule has 11 heteroatoms. The number of hydrogen-bond acceptors (Lipinski definition) is 6. The van der Waals surface area contributed by atoms with Crippen molar-refractivity contribution >= 4 is 21.6 Å². The summed E-state index contributed by atoms with van der Waals surface area (Å²) in [6.07, 6.45) is 0. The lowest BCUT2D eigenvalue weighted by atomic mass is 10.2. The molecule has 0 aliphatic heterocycles. The van der Waals surface area contributed by atoms with Crippen molar-refractivity contribution in [3.8, 4) is 0 Å². The third-order valence-corrected chi connectivity index (χ3v) is 3.29. The Bertz CT molecular complexity index is 660. The van der Waals surface area contributed by atoms with E-state index in [4.69, 9.17) is 5.73 Å². The van der Waals surface area contributed by atoms with E-state index >= 15 is 0 Å². The van der Waals surface area contributed by atoms with Gasteiger partial charge in [-0.2, -0.15) is 4.39 Å². The highest BCUT2D eigenvalue weighted by molar-refractivity contribution is 7.89. The maximum absolute atomic E-state index is 13.4. The first-order chi connectivity index (χ1) is 9.15. The number of primary amides is 1. The summed E-state index contributed by atoms with van der Waals surface area (Å²) in [4.78, 5) is 25.2. The molecule has 0 fully saturated rings. The Labute approximate surface area is 112 Å². The number of nitrogens with two attached hydrogens (primary N) is 1. The van der Waals surface area contributed by atoms with E-state index in [9.17, 15) is 27.7 Å². The number of nitro benzene ring substituents is 1. The molecule has 20 heavy (non-hydrogen) atoms. The molecule has 0 heterocycles. The molecule has 0 saturated heterocycles. The van der Waals surface area contributed by atoms with Gasteiger partial charge in [0.1, 0.15) is 6.61 Å². The number of aryl methyl sites for hydroxylation is 1. The van der Waals surface area contributed by atoms with Crippen LogP contribution >= 0.6 is 0 Å². The van der Waals surface area contributed by atoms with Crippen LogP contribution in [0.4, 0.5) is 10.1 Å². The van der Waals surface area contributed by atoms with Gasteiger partial charge in [0, 0.05) is 6.07 Å². The summed E-state index contributed by atoms with van der Waals surface area (Å²) in [6, 6.07) is 1.43. The molecule has 0 aromatic heterocycles. The van der Waals surface area contributed by atoms with Gasteiger partial charge in [0.05, 0.1) is 9.82 Å². The minimum Gasteiger partial charge on any atom is -0.368 e. The van der Waals surface area contributed by atoms with Gasteiger partial charge in [-0.25, -0.2) is 8.42 Å². The molecule has 0 radical (unpaired) electrons. The zero-order valence-electron chi connectivity index (χ0n) is 10.1. The van der Waals surface area contributed by atoms with E-state index < -0.39 is 43.9 Å². The fourth-order valence-electron chi connectivity index (χ4n) is 1.23. The lowest BCUT2D eigenvalue weighted by molar-refractivity contribution is -0.387. The van der Waals surface area contributed by atoms with Crippen molar-refractivity contribution in [2.75, 3.05) is 6.61 Å². The lowest BCUT2D eigenvalue weighted by Gasteiger charge is -2.07. The fourth-order valence-corrected chi connectivity index (χ4v) is 2.14. The third kappa shape index (κ3) is 3.69. The van der Waals surface area contributed by atoms with Gasteiger partial charge in [-0.05, 0) is 18.6 Å². The highest BCUT2D eigenvalue weighted by atomic mass is 32.2. The zero-order chi connectivity index (χ0) is 15.5. The van der Waals surface area contributed by atoms with E-state index in [0.717, 1.165) is 6.07 Å². The van der Waals surface area contributed by atoms with Gasteiger partial charge in [-0.3, -0.25) is 19.7 Å².